The molecule has 0 saturated heterocycles. The van der Waals surface area contributed by atoms with Crippen LogP contribution < -0.4 is 0 Å². The quantitative estimate of drug-likeness (QED) is 0.740. The lowest BCUT2D eigenvalue weighted by Crippen LogP contribution is -2.01. The maximum atomic E-state index is 10.5. The zero-order chi connectivity index (χ0) is 13.4. The second-order valence-electron chi connectivity index (χ2n) is 4.47. The molecule has 1 heterocycles. The van der Waals surface area contributed by atoms with Gasteiger partial charge in [-0.15, -0.1) is 11.3 Å². The maximum Gasteiger partial charge on any atom is 0.114 e. The van der Waals surface area contributed by atoms with Crippen LogP contribution in [-0.2, 0) is 0 Å². The van der Waals surface area contributed by atoms with Crippen LogP contribution >= 0.6 is 43.2 Å². The molecule has 0 spiro atoms. The molecule has 0 fully saturated rings. The molecule has 1 aromatic carbocycles. The van der Waals surface area contributed by atoms with E-state index in [-0.39, 0.29) is 0 Å². The SMILES string of the molecule is Cc1cc(C)c(C(O)c2cc(Br)c(Br)s2)cc1C. The van der Waals surface area contributed by atoms with Crippen LogP contribution in [0.4, 0.5) is 0 Å². The van der Waals surface area contributed by atoms with Gasteiger partial charge < -0.3 is 5.11 Å². The van der Waals surface area contributed by atoms with Gasteiger partial charge in [-0.1, -0.05) is 12.1 Å². The minimum atomic E-state index is -0.558. The summed E-state index contributed by atoms with van der Waals surface area (Å²) < 4.78 is 2.00. The number of hydrogen-bond donors (Lipinski definition) is 1. The molecule has 0 aliphatic heterocycles. The summed E-state index contributed by atoms with van der Waals surface area (Å²) in [6.07, 6.45) is -0.558. The Balaban J connectivity index is 2.45. The first-order valence-electron chi connectivity index (χ1n) is 5.60. The number of benzene rings is 1. The van der Waals surface area contributed by atoms with Crippen LogP contribution in [0.2, 0.25) is 0 Å². The van der Waals surface area contributed by atoms with E-state index in [9.17, 15) is 5.11 Å². The van der Waals surface area contributed by atoms with Crippen molar-refractivity contribution in [2.45, 2.75) is 26.9 Å². The maximum absolute atomic E-state index is 10.5. The lowest BCUT2D eigenvalue weighted by atomic mass is 9.96. The third-order valence-corrected chi connectivity index (χ3v) is 6.42. The molecule has 1 N–H and O–H groups in total. The van der Waals surface area contributed by atoms with Crippen molar-refractivity contribution in [2.24, 2.45) is 0 Å². The summed E-state index contributed by atoms with van der Waals surface area (Å²) in [4.78, 5) is 0.945. The molecular formula is C14H14Br2OS. The minimum absolute atomic E-state index is 0.558. The minimum Gasteiger partial charge on any atom is -0.383 e. The zero-order valence-corrected chi connectivity index (χ0v) is 14.4. The monoisotopic (exact) mass is 388 g/mol. The molecule has 2 rings (SSSR count). The number of rotatable bonds is 2. The third-order valence-electron chi connectivity index (χ3n) is 3.11. The molecule has 18 heavy (non-hydrogen) atoms. The Morgan fingerprint density at radius 2 is 1.61 bits per heavy atom. The van der Waals surface area contributed by atoms with Gasteiger partial charge in [-0.05, 0) is 81.0 Å². The molecule has 0 aliphatic rings. The largest absolute Gasteiger partial charge is 0.383 e. The normalized spacial score (nSPS) is 12.8. The third kappa shape index (κ3) is 2.72. The van der Waals surface area contributed by atoms with E-state index in [2.05, 4.69) is 57.8 Å². The first-order valence-corrected chi connectivity index (χ1v) is 8.01. The summed E-state index contributed by atoms with van der Waals surface area (Å²) >= 11 is 8.47. The van der Waals surface area contributed by atoms with Crippen LogP contribution in [0, 0.1) is 20.8 Å². The molecule has 1 nitrogen and oxygen atoms in total. The van der Waals surface area contributed by atoms with Crippen LogP contribution in [0.15, 0.2) is 26.5 Å². The number of halogens is 2. The van der Waals surface area contributed by atoms with Gasteiger partial charge in [0.2, 0.25) is 0 Å². The number of aryl methyl sites for hydroxylation is 3. The van der Waals surface area contributed by atoms with E-state index in [1.165, 1.54) is 11.1 Å². The number of thiophene rings is 1. The summed E-state index contributed by atoms with van der Waals surface area (Å²) in [5.41, 5.74) is 4.59. The molecule has 0 aliphatic carbocycles. The van der Waals surface area contributed by atoms with Gasteiger partial charge >= 0.3 is 0 Å². The average Bonchev–Trinajstić information content (AvgIpc) is 2.63. The van der Waals surface area contributed by atoms with Crippen LogP contribution in [0.5, 0.6) is 0 Å². The van der Waals surface area contributed by atoms with Crippen LogP contribution in [0.3, 0.4) is 0 Å². The van der Waals surface area contributed by atoms with E-state index in [4.69, 9.17) is 0 Å². The first kappa shape index (κ1) is 14.3. The predicted molar refractivity (Wildman–Crippen MR) is 84.4 cm³/mol. The smallest absolute Gasteiger partial charge is 0.114 e. The highest BCUT2D eigenvalue weighted by atomic mass is 79.9. The molecule has 2 aromatic rings. The van der Waals surface area contributed by atoms with Crippen molar-refractivity contribution in [2.75, 3.05) is 0 Å². The summed E-state index contributed by atoms with van der Waals surface area (Å²) in [5, 5.41) is 10.5. The summed E-state index contributed by atoms with van der Waals surface area (Å²) in [6, 6.07) is 6.18. The van der Waals surface area contributed by atoms with Crippen molar-refractivity contribution >= 4 is 43.2 Å². The first-order chi connectivity index (χ1) is 8.40. The van der Waals surface area contributed by atoms with E-state index >= 15 is 0 Å². The van der Waals surface area contributed by atoms with Gasteiger partial charge in [0.15, 0.2) is 0 Å². The Morgan fingerprint density at radius 1 is 1.00 bits per heavy atom. The summed E-state index contributed by atoms with van der Waals surface area (Å²) in [6.45, 7) is 6.21. The zero-order valence-electron chi connectivity index (χ0n) is 10.4. The average molecular weight is 390 g/mol. The van der Waals surface area contributed by atoms with Crippen LogP contribution in [0.25, 0.3) is 0 Å². The van der Waals surface area contributed by atoms with Crippen molar-refractivity contribution in [3.8, 4) is 0 Å². The molecule has 96 valence electrons. The Labute approximate surface area is 128 Å². The molecule has 4 heteroatoms. The van der Waals surface area contributed by atoms with Gasteiger partial charge in [0, 0.05) is 9.35 Å². The van der Waals surface area contributed by atoms with E-state index in [1.807, 2.05) is 13.0 Å². The second-order valence-corrected chi connectivity index (χ2v) is 7.72. The Kier molecular flexibility index (Phi) is 4.32. The van der Waals surface area contributed by atoms with E-state index < -0.39 is 6.10 Å². The van der Waals surface area contributed by atoms with Gasteiger partial charge in [0.25, 0.3) is 0 Å². The molecule has 0 amide bonds. The van der Waals surface area contributed by atoms with Gasteiger partial charge in [-0.25, -0.2) is 0 Å². The number of aliphatic hydroxyl groups is 1. The van der Waals surface area contributed by atoms with Crippen molar-refractivity contribution in [1.29, 1.82) is 0 Å². The summed E-state index contributed by atoms with van der Waals surface area (Å²) in [5.74, 6) is 0. The molecule has 0 radical (unpaired) electrons. The van der Waals surface area contributed by atoms with Gasteiger partial charge in [0.1, 0.15) is 6.10 Å². The Hall–Kier alpha value is -0.160. The highest BCUT2D eigenvalue weighted by Crippen LogP contribution is 2.38. The summed E-state index contributed by atoms with van der Waals surface area (Å²) in [7, 11) is 0. The Bertz CT molecular complexity index is 570. The van der Waals surface area contributed by atoms with Gasteiger partial charge in [0.05, 0.1) is 3.79 Å². The Morgan fingerprint density at radius 3 is 2.17 bits per heavy atom. The van der Waals surface area contributed by atoms with Crippen molar-refractivity contribution < 1.29 is 5.11 Å². The molecule has 1 unspecified atom stereocenters. The van der Waals surface area contributed by atoms with Gasteiger partial charge in [-0.3, -0.25) is 0 Å². The van der Waals surface area contributed by atoms with E-state index in [0.717, 1.165) is 24.3 Å². The lowest BCUT2D eigenvalue weighted by molar-refractivity contribution is 0.223. The molecule has 0 bridgehead atoms. The van der Waals surface area contributed by atoms with Crippen molar-refractivity contribution in [3.63, 3.8) is 0 Å². The fourth-order valence-electron chi connectivity index (χ4n) is 1.93. The van der Waals surface area contributed by atoms with Crippen molar-refractivity contribution in [1.82, 2.24) is 0 Å². The second kappa shape index (κ2) is 5.45. The fourth-order valence-corrected chi connectivity index (χ4v) is 4.02. The lowest BCUT2D eigenvalue weighted by Gasteiger charge is -2.14. The van der Waals surface area contributed by atoms with Crippen molar-refractivity contribution in [3.05, 3.63) is 53.6 Å². The van der Waals surface area contributed by atoms with E-state index in [1.54, 1.807) is 11.3 Å². The topological polar surface area (TPSA) is 20.2 Å². The highest BCUT2D eigenvalue weighted by Gasteiger charge is 2.17. The van der Waals surface area contributed by atoms with Gasteiger partial charge in [-0.2, -0.15) is 0 Å². The molecule has 1 aromatic heterocycles. The molecule has 1 atom stereocenters. The highest BCUT2D eigenvalue weighted by molar-refractivity contribution is 9.13. The fraction of sp³-hybridized carbons (Fsp3) is 0.286. The number of aliphatic hydroxyl groups excluding tert-OH is 1. The molecular weight excluding hydrogens is 376 g/mol. The standard InChI is InChI=1S/C14H14Br2OS/c1-7-4-9(3)10(5-8(7)2)13(17)12-6-11(15)14(16)18-12/h4-6,13,17H,1-3H3. The van der Waals surface area contributed by atoms with Crippen LogP contribution in [0.1, 0.15) is 33.2 Å². The van der Waals surface area contributed by atoms with E-state index in [0.29, 0.717) is 0 Å². The molecule has 0 saturated carbocycles. The predicted octanol–water partition coefficient (Wildman–Crippen LogP) is 5.28. The van der Waals surface area contributed by atoms with Crippen LogP contribution in [-0.4, -0.2) is 5.11 Å². The number of hydrogen-bond acceptors (Lipinski definition) is 2.